The summed E-state index contributed by atoms with van der Waals surface area (Å²) in [4.78, 5) is 2.12. The van der Waals surface area contributed by atoms with Crippen LogP contribution in [0.4, 0.5) is 5.69 Å². The second-order valence-electron chi connectivity index (χ2n) is 3.57. The van der Waals surface area contributed by atoms with Crippen LogP contribution in [0, 0.1) is 3.57 Å². The Labute approximate surface area is 97.9 Å². The molecular formula is C12H12IN. The van der Waals surface area contributed by atoms with Crippen LogP contribution in [0.15, 0.2) is 36.4 Å². The zero-order valence-electron chi connectivity index (χ0n) is 8.29. The Morgan fingerprint density at radius 2 is 1.64 bits per heavy atom. The van der Waals surface area contributed by atoms with E-state index in [1.54, 1.807) is 0 Å². The van der Waals surface area contributed by atoms with E-state index >= 15 is 0 Å². The fraction of sp³-hybridized carbons (Fsp3) is 0.167. The van der Waals surface area contributed by atoms with Crippen molar-refractivity contribution in [3.05, 3.63) is 40.0 Å². The van der Waals surface area contributed by atoms with Gasteiger partial charge >= 0.3 is 0 Å². The molecular weight excluding hydrogens is 285 g/mol. The Morgan fingerprint density at radius 3 is 2.36 bits per heavy atom. The third-order valence-electron chi connectivity index (χ3n) is 2.30. The molecule has 0 aliphatic carbocycles. The molecule has 0 amide bonds. The van der Waals surface area contributed by atoms with E-state index in [0.717, 1.165) is 0 Å². The van der Waals surface area contributed by atoms with Gasteiger partial charge in [-0.2, -0.15) is 0 Å². The summed E-state index contributed by atoms with van der Waals surface area (Å²) in [6, 6.07) is 13.0. The molecule has 2 aromatic rings. The standard InChI is InChI=1S/C12H12IN/c1-14(2)12-6-4-9-3-5-11(13)7-10(9)8-12/h3-8H,1-2H3. The predicted octanol–water partition coefficient (Wildman–Crippen LogP) is 3.51. The third-order valence-corrected chi connectivity index (χ3v) is 2.97. The van der Waals surface area contributed by atoms with Crippen LogP contribution in [0.25, 0.3) is 10.8 Å². The van der Waals surface area contributed by atoms with E-state index < -0.39 is 0 Å². The van der Waals surface area contributed by atoms with Crippen LogP contribution in [0.5, 0.6) is 0 Å². The SMILES string of the molecule is CN(C)c1ccc2ccc(I)cc2c1. The summed E-state index contributed by atoms with van der Waals surface area (Å²) in [5.41, 5.74) is 1.25. The van der Waals surface area contributed by atoms with Gasteiger partial charge in [0.15, 0.2) is 0 Å². The van der Waals surface area contributed by atoms with E-state index in [9.17, 15) is 0 Å². The average molecular weight is 297 g/mol. The number of fused-ring (bicyclic) bond motifs is 1. The lowest BCUT2D eigenvalue weighted by Crippen LogP contribution is -2.07. The predicted molar refractivity (Wildman–Crippen MR) is 71.0 cm³/mol. The van der Waals surface area contributed by atoms with Crippen LogP contribution in [-0.4, -0.2) is 14.1 Å². The van der Waals surface area contributed by atoms with Gasteiger partial charge in [0.25, 0.3) is 0 Å². The molecule has 0 atom stereocenters. The maximum absolute atomic E-state index is 2.34. The molecule has 0 fully saturated rings. The van der Waals surface area contributed by atoms with E-state index in [4.69, 9.17) is 0 Å². The van der Waals surface area contributed by atoms with Gasteiger partial charge in [-0.15, -0.1) is 0 Å². The molecule has 0 saturated carbocycles. The number of halogens is 1. The summed E-state index contributed by atoms with van der Waals surface area (Å²) in [6.45, 7) is 0. The summed E-state index contributed by atoms with van der Waals surface area (Å²) >= 11 is 2.34. The van der Waals surface area contributed by atoms with Crippen LogP contribution in [0.3, 0.4) is 0 Å². The van der Waals surface area contributed by atoms with Gasteiger partial charge in [-0.1, -0.05) is 12.1 Å². The topological polar surface area (TPSA) is 3.24 Å². The van der Waals surface area contributed by atoms with Crippen molar-refractivity contribution in [2.24, 2.45) is 0 Å². The lowest BCUT2D eigenvalue weighted by Gasteiger charge is -2.12. The molecule has 0 heterocycles. The smallest absolute Gasteiger partial charge is 0.0367 e. The quantitative estimate of drug-likeness (QED) is 0.728. The van der Waals surface area contributed by atoms with Gasteiger partial charge in [-0.25, -0.2) is 0 Å². The Bertz CT molecular complexity index is 463. The van der Waals surface area contributed by atoms with E-state index in [2.05, 4.69) is 78.0 Å². The van der Waals surface area contributed by atoms with Crippen LogP contribution in [-0.2, 0) is 0 Å². The summed E-state index contributed by atoms with van der Waals surface area (Å²) in [5, 5.41) is 2.61. The molecule has 72 valence electrons. The van der Waals surface area contributed by atoms with Crippen molar-refractivity contribution >= 4 is 39.1 Å². The van der Waals surface area contributed by atoms with Gasteiger partial charge in [-0.3, -0.25) is 0 Å². The van der Waals surface area contributed by atoms with Gasteiger partial charge in [0.2, 0.25) is 0 Å². The molecule has 2 heteroatoms. The normalized spacial score (nSPS) is 10.5. The maximum Gasteiger partial charge on any atom is 0.0367 e. The van der Waals surface area contributed by atoms with Gasteiger partial charge in [0.05, 0.1) is 0 Å². The number of anilines is 1. The second-order valence-corrected chi connectivity index (χ2v) is 4.82. The molecule has 0 aliphatic heterocycles. The minimum Gasteiger partial charge on any atom is -0.378 e. The van der Waals surface area contributed by atoms with Crippen molar-refractivity contribution < 1.29 is 0 Å². The second kappa shape index (κ2) is 3.77. The molecule has 0 aromatic heterocycles. The minimum absolute atomic E-state index is 1.25. The first-order valence-corrected chi connectivity index (χ1v) is 5.61. The van der Waals surface area contributed by atoms with E-state index in [1.165, 1.54) is 20.0 Å². The highest BCUT2D eigenvalue weighted by Gasteiger charge is 1.98. The molecule has 2 rings (SSSR count). The fourth-order valence-electron chi connectivity index (χ4n) is 1.48. The molecule has 2 aromatic carbocycles. The highest BCUT2D eigenvalue weighted by Crippen LogP contribution is 2.22. The zero-order valence-corrected chi connectivity index (χ0v) is 10.4. The first-order chi connectivity index (χ1) is 6.66. The van der Waals surface area contributed by atoms with E-state index in [1.807, 2.05) is 0 Å². The molecule has 0 N–H and O–H groups in total. The Morgan fingerprint density at radius 1 is 0.929 bits per heavy atom. The van der Waals surface area contributed by atoms with Crippen LogP contribution in [0.2, 0.25) is 0 Å². The Balaban J connectivity index is 2.63. The van der Waals surface area contributed by atoms with Crippen LogP contribution in [0.1, 0.15) is 0 Å². The molecule has 0 radical (unpaired) electrons. The summed E-state index contributed by atoms with van der Waals surface area (Å²) in [7, 11) is 4.13. The average Bonchev–Trinajstić information content (AvgIpc) is 2.16. The first kappa shape index (κ1) is 9.77. The Kier molecular flexibility index (Phi) is 2.63. The van der Waals surface area contributed by atoms with Crippen molar-refractivity contribution in [3.63, 3.8) is 0 Å². The summed E-state index contributed by atoms with van der Waals surface area (Å²) in [5.74, 6) is 0. The molecule has 14 heavy (non-hydrogen) atoms. The van der Waals surface area contributed by atoms with Crippen molar-refractivity contribution in [1.82, 2.24) is 0 Å². The number of rotatable bonds is 1. The van der Waals surface area contributed by atoms with Crippen LogP contribution >= 0.6 is 22.6 Å². The van der Waals surface area contributed by atoms with Crippen molar-refractivity contribution in [2.75, 3.05) is 19.0 Å². The molecule has 0 unspecified atom stereocenters. The van der Waals surface area contributed by atoms with Gasteiger partial charge < -0.3 is 4.90 Å². The summed E-state index contributed by atoms with van der Waals surface area (Å²) < 4.78 is 1.28. The number of hydrogen-bond acceptors (Lipinski definition) is 1. The van der Waals surface area contributed by atoms with E-state index in [0.29, 0.717) is 0 Å². The van der Waals surface area contributed by atoms with Crippen LogP contribution < -0.4 is 4.90 Å². The monoisotopic (exact) mass is 297 g/mol. The Hall–Kier alpha value is -0.770. The fourth-order valence-corrected chi connectivity index (χ4v) is 2.00. The van der Waals surface area contributed by atoms with Crippen molar-refractivity contribution in [2.45, 2.75) is 0 Å². The zero-order chi connectivity index (χ0) is 10.1. The number of hydrogen-bond donors (Lipinski definition) is 0. The first-order valence-electron chi connectivity index (χ1n) is 4.53. The third kappa shape index (κ3) is 1.85. The number of benzene rings is 2. The molecule has 0 aliphatic rings. The summed E-state index contributed by atoms with van der Waals surface area (Å²) in [6.07, 6.45) is 0. The van der Waals surface area contributed by atoms with Gasteiger partial charge in [-0.05, 0) is 57.6 Å². The van der Waals surface area contributed by atoms with Gasteiger partial charge in [0.1, 0.15) is 0 Å². The van der Waals surface area contributed by atoms with Crippen molar-refractivity contribution in [1.29, 1.82) is 0 Å². The number of nitrogens with zero attached hydrogens (tertiary/aromatic N) is 1. The van der Waals surface area contributed by atoms with Gasteiger partial charge in [0, 0.05) is 23.4 Å². The molecule has 1 nitrogen and oxygen atoms in total. The highest BCUT2D eigenvalue weighted by molar-refractivity contribution is 14.1. The lowest BCUT2D eigenvalue weighted by molar-refractivity contribution is 1.14. The highest BCUT2D eigenvalue weighted by atomic mass is 127. The molecule has 0 bridgehead atoms. The lowest BCUT2D eigenvalue weighted by atomic mass is 10.1. The maximum atomic E-state index is 2.34. The minimum atomic E-state index is 1.25. The molecule has 0 spiro atoms. The van der Waals surface area contributed by atoms with E-state index in [-0.39, 0.29) is 0 Å². The largest absolute Gasteiger partial charge is 0.378 e. The molecule has 0 saturated heterocycles. The van der Waals surface area contributed by atoms with Crippen molar-refractivity contribution in [3.8, 4) is 0 Å².